The number of hydrogen-bond acceptors (Lipinski definition) is 3. The van der Waals surface area contributed by atoms with Crippen LogP contribution in [-0.4, -0.2) is 36.5 Å². The van der Waals surface area contributed by atoms with Crippen molar-refractivity contribution in [3.63, 3.8) is 0 Å². The van der Waals surface area contributed by atoms with Gasteiger partial charge in [-0.05, 0) is 24.1 Å². The van der Waals surface area contributed by atoms with Crippen molar-refractivity contribution >= 4 is 11.6 Å². The molecule has 21 heavy (non-hydrogen) atoms. The van der Waals surface area contributed by atoms with E-state index in [1.807, 2.05) is 14.1 Å². The molecule has 5 heteroatoms. The van der Waals surface area contributed by atoms with Gasteiger partial charge in [-0.25, -0.2) is 4.98 Å². The van der Waals surface area contributed by atoms with E-state index in [4.69, 9.17) is 0 Å². The Morgan fingerprint density at radius 3 is 2.62 bits per heavy atom. The van der Waals surface area contributed by atoms with Crippen LogP contribution in [0.3, 0.4) is 0 Å². The second-order valence-electron chi connectivity index (χ2n) is 5.20. The molecular weight excluding hydrogens is 264 g/mol. The first-order valence-electron chi connectivity index (χ1n) is 7.16. The molecule has 0 unspecified atom stereocenters. The Hall–Kier alpha value is -2.30. The zero-order valence-corrected chi connectivity index (χ0v) is 12.6. The molecule has 2 aromatic rings. The molecule has 0 saturated heterocycles. The van der Waals surface area contributed by atoms with Crippen molar-refractivity contribution < 1.29 is 4.79 Å². The van der Waals surface area contributed by atoms with Crippen LogP contribution < -0.4 is 10.2 Å². The number of carbonyl (C=O) groups excluding carboxylic acids is 1. The summed E-state index contributed by atoms with van der Waals surface area (Å²) in [4.78, 5) is 21.0. The second kappa shape index (κ2) is 7.47. The number of aryl methyl sites for hydroxylation is 1. The lowest BCUT2D eigenvalue weighted by Crippen LogP contribution is -2.26. The summed E-state index contributed by atoms with van der Waals surface area (Å²) >= 11 is 0. The van der Waals surface area contributed by atoms with E-state index in [0.29, 0.717) is 13.0 Å². The molecule has 112 valence electrons. The van der Waals surface area contributed by atoms with Crippen LogP contribution in [0.25, 0.3) is 0 Å². The van der Waals surface area contributed by atoms with E-state index in [1.54, 1.807) is 12.4 Å². The van der Waals surface area contributed by atoms with Crippen molar-refractivity contribution in [1.82, 2.24) is 15.3 Å². The van der Waals surface area contributed by atoms with Crippen LogP contribution in [0.5, 0.6) is 0 Å². The highest BCUT2D eigenvalue weighted by Gasteiger charge is 2.03. The smallest absolute Gasteiger partial charge is 0.220 e. The number of amides is 1. The zero-order chi connectivity index (χ0) is 15.1. The summed E-state index contributed by atoms with van der Waals surface area (Å²) in [5.41, 5.74) is 2.35. The van der Waals surface area contributed by atoms with E-state index in [9.17, 15) is 4.79 Å². The molecule has 0 bridgehead atoms. The fraction of sp³-hybridized carbons (Fsp3) is 0.375. The van der Waals surface area contributed by atoms with Crippen molar-refractivity contribution in [1.29, 1.82) is 0 Å². The van der Waals surface area contributed by atoms with Gasteiger partial charge in [-0.2, -0.15) is 0 Å². The zero-order valence-electron chi connectivity index (χ0n) is 12.6. The van der Waals surface area contributed by atoms with E-state index in [1.165, 1.54) is 11.3 Å². The monoisotopic (exact) mass is 286 g/mol. The van der Waals surface area contributed by atoms with Crippen molar-refractivity contribution in [3.05, 3.63) is 48.0 Å². The summed E-state index contributed by atoms with van der Waals surface area (Å²) in [5.74, 6) is 0.979. The minimum Gasteiger partial charge on any atom is -0.378 e. The van der Waals surface area contributed by atoms with E-state index in [0.717, 1.165) is 18.7 Å². The average molecular weight is 286 g/mol. The van der Waals surface area contributed by atoms with Crippen LogP contribution >= 0.6 is 0 Å². The molecule has 0 aliphatic heterocycles. The van der Waals surface area contributed by atoms with Crippen LogP contribution in [0.15, 0.2) is 36.7 Å². The molecule has 0 atom stereocenters. The van der Waals surface area contributed by atoms with Gasteiger partial charge < -0.3 is 15.2 Å². The Kier molecular flexibility index (Phi) is 5.37. The van der Waals surface area contributed by atoms with Gasteiger partial charge in [0.25, 0.3) is 0 Å². The number of aromatic amines is 1. The van der Waals surface area contributed by atoms with Crippen molar-refractivity contribution in [2.45, 2.75) is 19.3 Å². The number of hydrogen-bond donors (Lipinski definition) is 2. The maximum absolute atomic E-state index is 11.8. The second-order valence-corrected chi connectivity index (χ2v) is 5.20. The number of H-pyrrole nitrogens is 1. The van der Waals surface area contributed by atoms with E-state index < -0.39 is 0 Å². The lowest BCUT2D eigenvalue weighted by Gasteiger charge is -2.12. The lowest BCUT2D eigenvalue weighted by atomic mass is 10.1. The van der Waals surface area contributed by atoms with Gasteiger partial charge in [0, 0.05) is 51.6 Å². The Bertz CT molecular complexity index is 546. The van der Waals surface area contributed by atoms with Gasteiger partial charge in [0.05, 0.1) is 0 Å². The fourth-order valence-corrected chi connectivity index (χ4v) is 2.06. The molecule has 0 aliphatic carbocycles. The third kappa shape index (κ3) is 4.95. The van der Waals surface area contributed by atoms with Crippen molar-refractivity contribution in [2.24, 2.45) is 0 Å². The summed E-state index contributed by atoms with van der Waals surface area (Å²) in [5, 5.41) is 2.91. The normalized spacial score (nSPS) is 10.4. The minimum absolute atomic E-state index is 0.0817. The first-order chi connectivity index (χ1) is 10.1. The molecule has 1 heterocycles. The summed E-state index contributed by atoms with van der Waals surface area (Å²) < 4.78 is 0. The highest BCUT2D eigenvalue weighted by atomic mass is 16.1. The van der Waals surface area contributed by atoms with Crippen LogP contribution in [0.4, 0.5) is 5.69 Å². The Labute approximate surface area is 125 Å². The third-order valence-corrected chi connectivity index (χ3v) is 3.33. The molecule has 2 N–H and O–H groups in total. The highest BCUT2D eigenvalue weighted by molar-refractivity contribution is 5.76. The number of anilines is 1. The third-order valence-electron chi connectivity index (χ3n) is 3.33. The van der Waals surface area contributed by atoms with Gasteiger partial charge in [0.1, 0.15) is 5.82 Å². The molecule has 0 fully saturated rings. The van der Waals surface area contributed by atoms with Gasteiger partial charge in [-0.1, -0.05) is 12.1 Å². The van der Waals surface area contributed by atoms with E-state index >= 15 is 0 Å². The molecule has 1 aromatic heterocycles. The molecule has 0 saturated carbocycles. The topological polar surface area (TPSA) is 61.0 Å². The molecule has 2 rings (SSSR count). The summed E-state index contributed by atoms with van der Waals surface area (Å²) in [6.45, 7) is 0.617. The van der Waals surface area contributed by atoms with Gasteiger partial charge in [0.15, 0.2) is 0 Å². The molecule has 1 amide bonds. The molecular formula is C16H22N4O. The average Bonchev–Trinajstić information content (AvgIpc) is 2.99. The maximum atomic E-state index is 11.8. The first-order valence-corrected chi connectivity index (χ1v) is 7.16. The first kappa shape index (κ1) is 15.1. The van der Waals surface area contributed by atoms with Crippen LogP contribution in [0.1, 0.15) is 17.8 Å². The number of nitrogens with one attached hydrogen (secondary N) is 2. The van der Waals surface area contributed by atoms with Gasteiger partial charge in [0.2, 0.25) is 5.91 Å². The minimum atomic E-state index is 0.0817. The van der Waals surface area contributed by atoms with Crippen LogP contribution in [0.2, 0.25) is 0 Å². The highest BCUT2D eigenvalue weighted by Crippen LogP contribution is 2.13. The number of nitrogens with zero attached hydrogens (tertiary/aromatic N) is 2. The quantitative estimate of drug-likeness (QED) is 0.815. The maximum Gasteiger partial charge on any atom is 0.220 e. The fourth-order valence-electron chi connectivity index (χ4n) is 2.06. The lowest BCUT2D eigenvalue weighted by molar-refractivity contribution is -0.121. The number of rotatable bonds is 7. The number of benzene rings is 1. The SMILES string of the molecule is CN(C)c1ccc(CCC(=O)NCCc2ncc[nH]2)cc1. The number of aromatic nitrogens is 2. The Morgan fingerprint density at radius 2 is 2.00 bits per heavy atom. The molecule has 0 radical (unpaired) electrons. The van der Waals surface area contributed by atoms with E-state index in [-0.39, 0.29) is 5.91 Å². The Balaban J connectivity index is 1.68. The molecule has 1 aromatic carbocycles. The molecule has 0 spiro atoms. The summed E-state index contributed by atoms with van der Waals surface area (Å²) in [6.07, 6.45) is 5.51. The largest absolute Gasteiger partial charge is 0.378 e. The predicted molar refractivity (Wildman–Crippen MR) is 84.4 cm³/mol. The molecule has 5 nitrogen and oxygen atoms in total. The van der Waals surface area contributed by atoms with Crippen molar-refractivity contribution in [2.75, 3.05) is 25.5 Å². The van der Waals surface area contributed by atoms with Gasteiger partial charge >= 0.3 is 0 Å². The number of imidazole rings is 1. The molecule has 0 aliphatic rings. The number of carbonyl (C=O) groups is 1. The van der Waals surface area contributed by atoms with E-state index in [2.05, 4.69) is 44.5 Å². The predicted octanol–water partition coefficient (Wildman–Crippen LogP) is 1.77. The summed E-state index contributed by atoms with van der Waals surface area (Å²) in [7, 11) is 4.03. The van der Waals surface area contributed by atoms with Crippen LogP contribution in [0, 0.1) is 0 Å². The Morgan fingerprint density at radius 1 is 1.24 bits per heavy atom. The van der Waals surface area contributed by atoms with Gasteiger partial charge in [-0.3, -0.25) is 4.79 Å². The van der Waals surface area contributed by atoms with Gasteiger partial charge in [-0.15, -0.1) is 0 Å². The standard InChI is InChI=1S/C16H22N4O/c1-20(2)14-6-3-13(4-7-14)5-8-16(21)19-10-9-15-17-11-12-18-15/h3-4,6-7,11-12H,5,8-10H2,1-2H3,(H,17,18)(H,19,21). The summed E-state index contributed by atoms with van der Waals surface area (Å²) in [6, 6.07) is 8.30. The van der Waals surface area contributed by atoms with Crippen molar-refractivity contribution in [3.8, 4) is 0 Å². The van der Waals surface area contributed by atoms with Crippen LogP contribution in [-0.2, 0) is 17.6 Å².